The summed E-state index contributed by atoms with van der Waals surface area (Å²) in [5.74, 6) is 1.05. The van der Waals surface area contributed by atoms with E-state index in [1.54, 1.807) is 4.68 Å². The van der Waals surface area contributed by atoms with Crippen LogP contribution in [-0.4, -0.2) is 37.7 Å². The molecule has 9 heteroatoms. The van der Waals surface area contributed by atoms with Crippen molar-refractivity contribution in [2.45, 2.75) is 64.5 Å². The number of benzene rings is 2. The van der Waals surface area contributed by atoms with Crippen molar-refractivity contribution < 1.29 is 4.79 Å². The number of anilines is 2. The van der Waals surface area contributed by atoms with Gasteiger partial charge in [-0.3, -0.25) is 9.48 Å². The van der Waals surface area contributed by atoms with E-state index in [1.807, 2.05) is 44.4 Å². The summed E-state index contributed by atoms with van der Waals surface area (Å²) in [4.78, 5) is 22.2. The van der Waals surface area contributed by atoms with Gasteiger partial charge in [-0.05, 0) is 73.9 Å². The molecular formula is C29H34ClN7O. The van der Waals surface area contributed by atoms with E-state index in [9.17, 15) is 4.79 Å². The second-order valence-electron chi connectivity index (χ2n) is 10.2. The Morgan fingerprint density at radius 1 is 1.16 bits per heavy atom. The van der Waals surface area contributed by atoms with Gasteiger partial charge < -0.3 is 16.4 Å². The highest BCUT2D eigenvalue weighted by Crippen LogP contribution is 2.29. The number of fused-ring (bicyclic) bond motifs is 1. The zero-order chi connectivity index (χ0) is 26.8. The highest BCUT2D eigenvalue weighted by atomic mass is 35.5. The molecule has 4 aromatic rings. The van der Waals surface area contributed by atoms with Crippen LogP contribution in [0.1, 0.15) is 49.3 Å². The zero-order valence-electron chi connectivity index (χ0n) is 22.1. The van der Waals surface area contributed by atoms with Crippen molar-refractivity contribution in [1.82, 2.24) is 19.7 Å². The average Bonchev–Trinajstić information content (AvgIpc) is 3.26. The Labute approximate surface area is 228 Å². The van der Waals surface area contributed by atoms with Crippen molar-refractivity contribution in [3.63, 3.8) is 0 Å². The number of carbonyl (C=O) groups excluding carboxylic acids is 1. The van der Waals surface area contributed by atoms with Gasteiger partial charge in [0.15, 0.2) is 5.82 Å². The molecule has 1 aliphatic rings. The van der Waals surface area contributed by atoms with Crippen LogP contribution < -0.4 is 16.4 Å². The van der Waals surface area contributed by atoms with Crippen LogP contribution in [0.4, 0.5) is 11.8 Å². The van der Waals surface area contributed by atoms with Crippen LogP contribution in [0.15, 0.2) is 42.6 Å². The molecule has 1 saturated carbocycles. The minimum absolute atomic E-state index is 0.127. The summed E-state index contributed by atoms with van der Waals surface area (Å²) >= 11 is 6.11. The van der Waals surface area contributed by atoms with Crippen LogP contribution >= 0.6 is 11.6 Å². The van der Waals surface area contributed by atoms with E-state index < -0.39 is 0 Å². The molecule has 5 rings (SSSR count). The monoisotopic (exact) mass is 531 g/mol. The van der Waals surface area contributed by atoms with Gasteiger partial charge >= 0.3 is 0 Å². The number of halogens is 1. The first-order chi connectivity index (χ1) is 18.3. The minimum Gasteiger partial charge on any atom is -0.351 e. The van der Waals surface area contributed by atoms with Crippen LogP contribution in [0.5, 0.6) is 0 Å². The normalized spacial score (nSPS) is 17.5. The number of aromatic nitrogens is 4. The number of rotatable bonds is 7. The maximum absolute atomic E-state index is 12.7. The van der Waals surface area contributed by atoms with Gasteiger partial charge in [0.05, 0.1) is 17.6 Å². The molecule has 38 heavy (non-hydrogen) atoms. The fraction of sp³-hybridized carbons (Fsp3) is 0.379. The Morgan fingerprint density at radius 3 is 2.68 bits per heavy atom. The summed E-state index contributed by atoms with van der Waals surface area (Å²) < 4.78 is 1.78. The van der Waals surface area contributed by atoms with Crippen LogP contribution in [0.25, 0.3) is 22.2 Å². The van der Waals surface area contributed by atoms with Crippen LogP contribution in [0.2, 0.25) is 5.02 Å². The summed E-state index contributed by atoms with van der Waals surface area (Å²) in [6.07, 6.45) is 7.12. The maximum atomic E-state index is 12.7. The molecule has 0 unspecified atom stereocenters. The number of aryl methyl sites for hydroxylation is 3. The number of nitrogens with zero attached hydrogens (tertiary/aromatic N) is 4. The second kappa shape index (κ2) is 11.1. The van der Waals surface area contributed by atoms with Gasteiger partial charge in [-0.15, -0.1) is 0 Å². The van der Waals surface area contributed by atoms with Crippen molar-refractivity contribution in [3.8, 4) is 11.3 Å². The third kappa shape index (κ3) is 5.81. The molecule has 2 aromatic carbocycles. The van der Waals surface area contributed by atoms with Crippen molar-refractivity contribution in [3.05, 3.63) is 64.3 Å². The molecule has 0 spiro atoms. The van der Waals surface area contributed by atoms with Crippen molar-refractivity contribution in [1.29, 1.82) is 0 Å². The Hall–Kier alpha value is -3.49. The van der Waals surface area contributed by atoms with E-state index in [1.165, 1.54) is 0 Å². The van der Waals surface area contributed by atoms with E-state index in [-0.39, 0.29) is 12.3 Å². The second-order valence-corrected chi connectivity index (χ2v) is 10.6. The van der Waals surface area contributed by atoms with Gasteiger partial charge in [0.2, 0.25) is 11.9 Å². The average molecular weight is 532 g/mol. The predicted octanol–water partition coefficient (Wildman–Crippen LogP) is 5.42. The number of nitrogens with one attached hydrogen (secondary N) is 2. The van der Waals surface area contributed by atoms with Crippen LogP contribution in [0.3, 0.4) is 0 Å². The van der Waals surface area contributed by atoms with Gasteiger partial charge in [0.25, 0.3) is 0 Å². The zero-order valence-corrected chi connectivity index (χ0v) is 22.8. The molecule has 0 aliphatic heterocycles. The summed E-state index contributed by atoms with van der Waals surface area (Å²) in [6.45, 7) is 4.06. The van der Waals surface area contributed by atoms with Crippen LogP contribution in [0, 0.1) is 6.92 Å². The fourth-order valence-electron chi connectivity index (χ4n) is 5.14. The summed E-state index contributed by atoms with van der Waals surface area (Å²) in [5, 5.41) is 12.6. The molecule has 2 heterocycles. The topological polar surface area (TPSA) is 111 Å². The standard InChI is InChI=1S/C29H34ClN7O/c1-4-19-13-20(14-21-16-32-29(35-28(19)21)33-23-8-6-22(31)7-9-23)25-15-26(36-37(25)3)34-27(38)12-18-5-10-24(30)17(2)11-18/h5,10-11,13-16,22-23H,4,6-9,12,31H2,1-3H3,(H,32,33,35)(H,34,36,38). The Morgan fingerprint density at radius 2 is 1.95 bits per heavy atom. The molecule has 0 atom stereocenters. The molecule has 0 saturated heterocycles. The highest BCUT2D eigenvalue weighted by molar-refractivity contribution is 6.31. The van der Waals surface area contributed by atoms with Gasteiger partial charge in [-0.2, -0.15) is 5.10 Å². The van der Waals surface area contributed by atoms with E-state index in [0.717, 1.165) is 71.0 Å². The number of amides is 1. The molecule has 0 bridgehead atoms. The lowest BCUT2D eigenvalue weighted by Crippen LogP contribution is -2.33. The van der Waals surface area contributed by atoms with Crippen LogP contribution in [-0.2, 0) is 24.7 Å². The molecule has 4 N–H and O–H groups in total. The summed E-state index contributed by atoms with van der Waals surface area (Å²) in [5.41, 5.74) is 11.9. The first-order valence-corrected chi connectivity index (χ1v) is 13.6. The van der Waals surface area contributed by atoms with Gasteiger partial charge in [0.1, 0.15) is 0 Å². The molecule has 0 radical (unpaired) electrons. The molecule has 198 valence electrons. The molecule has 1 fully saturated rings. The Kier molecular flexibility index (Phi) is 7.63. The highest BCUT2D eigenvalue weighted by Gasteiger charge is 2.20. The van der Waals surface area contributed by atoms with Crippen molar-refractivity contribution in [2.24, 2.45) is 12.8 Å². The van der Waals surface area contributed by atoms with E-state index in [4.69, 9.17) is 22.3 Å². The maximum Gasteiger partial charge on any atom is 0.229 e. The van der Waals surface area contributed by atoms with Crippen molar-refractivity contribution >= 4 is 40.2 Å². The number of hydrogen-bond donors (Lipinski definition) is 3. The number of nitrogens with two attached hydrogens (primary N) is 1. The molecule has 1 amide bonds. The SMILES string of the molecule is CCc1cc(-c2cc(NC(=O)Cc3ccc(Cl)c(C)c3)nn2C)cc2cnc(NC3CCC(N)CC3)nc12. The third-order valence-corrected chi connectivity index (χ3v) is 7.70. The van der Waals surface area contributed by atoms with Gasteiger partial charge in [-0.25, -0.2) is 9.97 Å². The van der Waals surface area contributed by atoms with E-state index in [2.05, 4.69) is 39.8 Å². The Bertz CT molecular complexity index is 1470. The van der Waals surface area contributed by atoms with E-state index in [0.29, 0.717) is 28.9 Å². The van der Waals surface area contributed by atoms with E-state index >= 15 is 0 Å². The third-order valence-electron chi connectivity index (χ3n) is 7.28. The first-order valence-electron chi connectivity index (χ1n) is 13.2. The molecule has 2 aromatic heterocycles. The largest absolute Gasteiger partial charge is 0.351 e. The summed E-state index contributed by atoms with van der Waals surface area (Å²) in [7, 11) is 1.88. The van der Waals surface area contributed by atoms with Gasteiger partial charge in [0, 0.05) is 47.4 Å². The summed E-state index contributed by atoms with van der Waals surface area (Å²) in [6, 6.07) is 12.4. The van der Waals surface area contributed by atoms with Crippen molar-refractivity contribution in [2.75, 3.05) is 10.6 Å². The molecule has 1 aliphatic carbocycles. The lowest BCUT2D eigenvalue weighted by atomic mass is 9.92. The fourth-order valence-corrected chi connectivity index (χ4v) is 5.26. The number of hydrogen-bond acceptors (Lipinski definition) is 6. The smallest absolute Gasteiger partial charge is 0.229 e. The predicted molar refractivity (Wildman–Crippen MR) is 153 cm³/mol. The van der Waals surface area contributed by atoms with Gasteiger partial charge in [-0.1, -0.05) is 30.7 Å². The number of carbonyl (C=O) groups is 1. The minimum atomic E-state index is -0.127. The Balaban J connectivity index is 1.34. The first kappa shape index (κ1) is 26.1. The lowest BCUT2D eigenvalue weighted by Gasteiger charge is -2.26. The quantitative estimate of drug-likeness (QED) is 0.294. The molecular weight excluding hydrogens is 498 g/mol. The lowest BCUT2D eigenvalue weighted by molar-refractivity contribution is -0.115. The molecule has 8 nitrogen and oxygen atoms in total.